The molecule has 6 nitrogen and oxygen atoms in total. The van der Waals surface area contributed by atoms with Gasteiger partial charge in [-0.3, -0.25) is 4.79 Å². The predicted octanol–water partition coefficient (Wildman–Crippen LogP) is 3.98. The number of aliphatic hydroxyl groups excluding tert-OH is 1. The van der Waals surface area contributed by atoms with Crippen LogP contribution in [0.3, 0.4) is 0 Å². The van der Waals surface area contributed by atoms with E-state index in [9.17, 15) is 9.90 Å². The van der Waals surface area contributed by atoms with Crippen LogP contribution in [0.5, 0.6) is 11.5 Å². The molecule has 0 fully saturated rings. The molecule has 2 rings (SSSR count). The van der Waals surface area contributed by atoms with Gasteiger partial charge >= 0.3 is 0 Å². The van der Waals surface area contributed by atoms with Gasteiger partial charge in [0.1, 0.15) is 18.5 Å². The number of hydrogen-bond acceptors (Lipinski definition) is 5. The third-order valence-electron chi connectivity index (χ3n) is 4.94. The minimum Gasteiger partial charge on any atom is -0.491 e. The van der Waals surface area contributed by atoms with Gasteiger partial charge < -0.3 is 19.6 Å². The van der Waals surface area contributed by atoms with Gasteiger partial charge in [0, 0.05) is 20.0 Å². The molecule has 0 saturated heterocycles. The first-order valence-corrected chi connectivity index (χ1v) is 11.2. The number of unbranched alkanes of at least 4 members (excludes halogenated alkanes) is 3. The summed E-state index contributed by atoms with van der Waals surface area (Å²) in [4.78, 5) is 18.4. The zero-order chi connectivity index (χ0) is 22.3. The van der Waals surface area contributed by atoms with E-state index in [2.05, 4.69) is 17.3 Å². The zero-order valence-electron chi connectivity index (χ0n) is 18.8. The lowest BCUT2D eigenvalue weighted by Gasteiger charge is -2.25. The maximum atomic E-state index is 10.9. The Bertz CT molecular complexity index is 737. The van der Waals surface area contributed by atoms with Crippen molar-refractivity contribution in [2.75, 3.05) is 26.2 Å². The summed E-state index contributed by atoms with van der Waals surface area (Å²) in [5, 5.41) is 10.5. The second-order valence-electron chi connectivity index (χ2n) is 7.79. The molecule has 0 aliphatic heterocycles. The van der Waals surface area contributed by atoms with E-state index < -0.39 is 6.10 Å². The molecule has 170 valence electrons. The van der Waals surface area contributed by atoms with Crippen molar-refractivity contribution in [3.8, 4) is 11.5 Å². The number of aliphatic hydroxyl groups is 1. The number of ether oxygens (including phenoxy) is 1. The number of amides is 1. The van der Waals surface area contributed by atoms with Gasteiger partial charge in [0.2, 0.25) is 5.91 Å². The first kappa shape index (κ1) is 24.7. The molecule has 0 heterocycles. The quantitative estimate of drug-likeness (QED) is 0.332. The highest BCUT2D eigenvalue weighted by Crippen LogP contribution is 2.13. The van der Waals surface area contributed by atoms with E-state index in [-0.39, 0.29) is 12.5 Å². The lowest BCUT2D eigenvalue weighted by Crippen LogP contribution is -2.37. The number of carbonyl (C=O) groups excluding carboxylic acids is 1. The first-order chi connectivity index (χ1) is 15.1. The molecule has 0 saturated carbocycles. The topological polar surface area (TPSA) is 71.0 Å². The van der Waals surface area contributed by atoms with Crippen LogP contribution in [0.2, 0.25) is 0 Å². The van der Waals surface area contributed by atoms with Crippen LogP contribution in [-0.4, -0.2) is 48.3 Å². The van der Waals surface area contributed by atoms with E-state index in [1.54, 1.807) is 0 Å². The Balaban J connectivity index is 1.82. The maximum absolute atomic E-state index is 10.9. The van der Waals surface area contributed by atoms with Crippen LogP contribution < -0.4 is 15.1 Å². The van der Waals surface area contributed by atoms with Crippen molar-refractivity contribution in [3.63, 3.8) is 0 Å². The van der Waals surface area contributed by atoms with E-state index in [1.807, 2.05) is 54.6 Å². The molecule has 2 aromatic carbocycles. The molecular formula is C25H36N2O4. The maximum Gasteiger partial charge on any atom is 0.249 e. The number of para-hydroxylation sites is 1. The number of benzene rings is 2. The van der Waals surface area contributed by atoms with E-state index in [1.165, 1.54) is 31.7 Å². The van der Waals surface area contributed by atoms with Crippen LogP contribution in [0.25, 0.3) is 0 Å². The number of carbonyl (C=O) groups is 1. The minimum atomic E-state index is -0.542. The van der Waals surface area contributed by atoms with Crippen LogP contribution in [0.15, 0.2) is 54.6 Å². The molecule has 1 atom stereocenters. The standard InChI is InChI=1S/C25H36N2O4/c1-3-4-5-9-17-27(19-23(29)20-30-24-10-7-6-8-11-24)18-16-22-12-14-25(15-13-22)31-26-21(2)28/h6-8,10-15,23,29H,3-5,9,16-20H2,1-2H3,(H,26,28). The van der Waals surface area contributed by atoms with Crippen LogP contribution in [0, 0.1) is 0 Å². The van der Waals surface area contributed by atoms with Gasteiger partial charge in [-0.2, -0.15) is 5.48 Å². The predicted molar refractivity (Wildman–Crippen MR) is 123 cm³/mol. The van der Waals surface area contributed by atoms with Crippen molar-refractivity contribution < 1.29 is 19.5 Å². The van der Waals surface area contributed by atoms with E-state index in [4.69, 9.17) is 9.57 Å². The largest absolute Gasteiger partial charge is 0.491 e. The fraction of sp³-hybridized carbons (Fsp3) is 0.480. The lowest BCUT2D eigenvalue weighted by molar-refractivity contribution is -0.125. The summed E-state index contributed by atoms with van der Waals surface area (Å²) in [6.07, 6.45) is 5.12. The number of rotatable bonds is 15. The summed E-state index contributed by atoms with van der Waals surface area (Å²) < 4.78 is 5.71. The van der Waals surface area contributed by atoms with Crippen LogP contribution >= 0.6 is 0 Å². The molecule has 0 bridgehead atoms. The van der Waals surface area contributed by atoms with Gasteiger partial charge in [-0.05, 0) is 49.2 Å². The summed E-state index contributed by atoms with van der Waals surface area (Å²) in [5.41, 5.74) is 3.51. The molecule has 0 aliphatic carbocycles. The Morgan fingerprint density at radius 2 is 1.74 bits per heavy atom. The summed E-state index contributed by atoms with van der Waals surface area (Å²) in [5.74, 6) is 1.14. The van der Waals surface area contributed by atoms with Crippen molar-refractivity contribution in [2.45, 2.75) is 52.1 Å². The van der Waals surface area contributed by atoms with Crippen molar-refractivity contribution in [2.24, 2.45) is 0 Å². The van der Waals surface area contributed by atoms with Crippen molar-refractivity contribution in [3.05, 3.63) is 60.2 Å². The fourth-order valence-electron chi connectivity index (χ4n) is 3.26. The van der Waals surface area contributed by atoms with E-state index in [0.29, 0.717) is 12.3 Å². The van der Waals surface area contributed by atoms with Gasteiger partial charge in [-0.15, -0.1) is 0 Å². The SMILES string of the molecule is CCCCCCN(CCc1ccc(ONC(C)=O)cc1)CC(O)COc1ccccc1. The van der Waals surface area contributed by atoms with Gasteiger partial charge in [0.15, 0.2) is 5.75 Å². The van der Waals surface area contributed by atoms with E-state index in [0.717, 1.165) is 31.7 Å². The Kier molecular flexibility index (Phi) is 11.5. The van der Waals surface area contributed by atoms with Crippen LogP contribution in [0.1, 0.15) is 45.1 Å². The molecule has 2 N–H and O–H groups in total. The Hall–Kier alpha value is -2.57. The van der Waals surface area contributed by atoms with Crippen molar-refractivity contribution >= 4 is 5.91 Å². The monoisotopic (exact) mass is 428 g/mol. The smallest absolute Gasteiger partial charge is 0.249 e. The molecule has 0 spiro atoms. The third-order valence-corrected chi connectivity index (χ3v) is 4.94. The van der Waals surface area contributed by atoms with E-state index >= 15 is 0 Å². The number of nitrogens with one attached hydrogen (secondary N) is 1. The number of hydroxylamine groups is 1. The summed E-state index contributed by atoms with van der Waals surface area (Å²) in [6.45, 7) is 6.31. The Labute approximate surface area is 186 Å². The fourth-order valence-corrected chi connectivity index (χ4v) is 3.26. The Morgan fingerprint density at radius 3 is 2.42 bits per heavy atom. The molecule has 6 heteroatoms. The normalized spacial score (nSPS) is 11.9. The lowest BCUT2D eigenvalue weighted by atomic mass is 10.1. The van der Waals surface area contributed by atoms with Crippen LogP contribution in [0.4, 0.5) is 0 Å². The first-order valence-electron chi connectivity index (χ1n) is 11.2. The highest BCUT2D eigenvalue weighted by Gasteiger charge is 2.13. The van der Waals surface area contributed by atoms with Crippen LogP contribution in [-0.2, 0) is 11.2 Å². The molecule has 0 aliphatic rings. The van der Waals surface area contributed by atoms with Gasteiger partial charge in [-0.25, -0.2) is 0 Å². The number of hydrogen-bond donors (Lipinski definition) is 2. The summed E-state index contributed by atoms with van der Waals surface area (Å²) >= 11 is 0. The van der Waals surface area contributed by atoms with Crippen molar-refractivity contribution in [1.82, 2.24) is 10.4 Å². The minimum absolute atomic E-state index is 0.238. The average molecular weight is 429 g/mol. The van der Waals surface area contributed by atoms with Gasteiger partial charge in [0.05, 0.1) is 0 Å². The molecule has 1 amide bonds. The molecule has 31 heavy (non-hydrogen) atoms. The molecular weight excluding hydrogens is 392 g/mol. The zero-order valence-corrected chi connectivity index (χ0v) is 18.8. The molecule has 1 unspecified atom stereocenters. The highest BCUT2D eigenvalue weighted by molar-refractivity contribution is 5.71. The van der Waals surface area contributed by atoms with Gasteiger partial charge in [-0.1, -0.05) is 56.5 Å². The number of nitrogens with zero attached hydrogens (tertiary/aromatic N) is 1. The summed E-state index contributed by atoms with van der Waals surface area (Å²) in [7, 11) is 0. The second kappa shape index (κ2) is 14.4. The molecule has 0 radical (unpaired) electrons. The summed E-state index contributed by atoms with van der Waals surface area (Å²) in [6, 6.07) is 17.3. The van der Waals surface area contributed by atoms with Gasteiger partial charge in [0.25, 0.3) is 0 Å². The second-order valence-corrected chi connectivity index (χ2v) is 7.79. The molecule has 0 aromatic heterocycles. The Morgan fingerprint density at radius 1 is 1.00 bits per heavy atom. The van der Waals surface area contributed by atoms with Crippen molar-refractivity contribution in [1.29, 1.82) is 0 Å². The highest BCUT2D eigenvalue weighted by atomic mass is 16.7. The average Bonchev–Trinajstić information content (AvgIpc) is 2.78. The third kappa shape index (κ3) is 10.9. The molecule has 2 aromatic rings.